The minimum Gasteiger partial charge on any atom is -0.444 e. The Morgan fingerprint density at radius 3 is 2.61 bits per heavy atom. The number of rotatable bonds is 2. The Labute approximate surface area is 145 Å². The Morgan fingerprint density at radius 2 is 2.00 bits per heavy atom. The number of ether oxygens (including phenoxy) is 1. The van der Waals surface area contributed by atoms with Gasteiger partial charge >= 0.3 is 6.09 Å². The van der Waals surface area contributed by atoms with E-state index in [1.807, 2.05) is 0 Å². The number of anilines is 1. The van der Waals surface area contributed by atoms with Gasteiger partial charge in [0.05, 0.1) is 10.7 Å². The third-order valence-electron chi connectivity index (χ3n) is 3.37. The standard InChI is InChI=1S/C16H20Cl2N2O3/c1-16(2,3)23-15(22)20-8-4-5-13(20)14(21)19-12-7-6-10(17)9-11(12)18/h6-7,9,13H,4-5,8H2,1-3H3,(H,19,21). The Hall–Kier alpha value is -1.46. The molecule has 2 rings (SSSR count). The quantitative estimate of drug-likeness (QED) is 0.855. The van der Waals surface area contributed by atoms with E-state index < -0.39 is 17.7 Å². The van der Waals surface area contributed by atoms with Crippen LogP contribution >= 0.6 is 23.2 Å². The third kappa shape index (κ3) is 4.75. The summed E-state index contributed by atoms with van der Waals surface area (Å²) in [7, 11) is 0. The van der Waals surface area contributed by atoms with Crippen LogP contribution in [0.2, 0.25) is 10.0 Å². The number of carbonyl (C=O) groups is 2. The monoisotopic (exact) mass is 358 g/mol. The molecule has 1 fully saturated rings. The predicted molar refractivity (Wildman–Crippen MR) is 91.1 cm³/mol. The highest BCUT2D eigenvalue weighted by Gasteiger charge is 2.36. The van der Waals surface area contributed by atoms with E-state index in [2.05, 4.69) is 5.32 Å². The zero-order chi connectivity index (χ0) is 17.2. The zero-order valence-corrected chi connectivity index (χ0v) is 14.9. The van der Waals surface area contributed by atoms with Gasteiger partial charge in [-0.1, -0.05) is 23.2 Å². The summed E-state index contributed by atoms with van der Waals surface area (Å²) in [5.74, 6) is -0.280. The first-order valence-electron chi connectivity index (χ1n) is 7.43. The van der Waals surface area contributed by atoms with Crippen LogP contribution in [0.1, 0.15) is 33.6 Å². The average Bonchev–Trinajstić information content (AvgIpc) is 2.89. The lowest BCUT2D eigenvalue weighted by atomic mass is 10.2. The molecule has 1 saturated heterocycles. The summed E-state index contributed by atoms with van der Waals surface area (Å²) in [5, 5.41) is 3.59. The molecule has 1 aromatic rings. The van der Waals surface area contributed by atoms with Crippen LogP contribution in [-0.4, -0.2) is 35.1 Å². The number of amides is 2. The molecular formula is C16H20Cl2N2O3. The molecule has 23 heavy (non-hydrogen) atoms. The van der Waals surface area contributed by atoms with E-state index in [-0.39, 0.29) is 5.91 Å². The molecule has 7 heteroatoms. The molecule has 1 aliphatic heterocycles. The summed E-state index contributed by atoms with van der Waals surface area (Å²) in [4.78, 5) is 26.2. The molecule has 0 radical (unpaired) electrons. The van der Waals surface area contributed by atoms with Gasteiger partial charge in [-0.05, 0) is 51.8 Å². The molecule has 1 atom stereocenters. The highest BCUT2D eigenvalue weighted by atomic mass is 35.5. The highest BCUT2D eigenvalue weighted by Crippen LogP contribution is 2.27. The van der Waals surface area contributed by atoms with Crippen LogP contribution in [0.5, 0.6) is 0 Å². The van der Waals surface area contributed by atoms with Gasteiger partial charge in [-0.2, -0.15) is 0 Å². The van der Waals surface area contributed by atoms with Gasteiger partial charge in [0.2, 0.25) is 5.91 Å². The number of hydrogen-bond acceptors (Lipinski definition) is 3. The predicted octanol–water partition coefficient (Wildman–Crippen LogP) is 4.33. The Kier molecular flexibility index (Phi) is 5.42. The maximum Gasteiger partial charge on any atom is 0.410 e. The van der Waals surface area contributed by atoms with Crippen LogP contribution in [0.4, 0.5) is 10.5 Å². The van der Waals surface area contributed by atoms with E-state index in [4.69, 9.17) is 27.9 Å². The number of halogens is 2. The second kappa shape index (κ2) is 6.97. The third-order valence-corrected chi connectivity index (χ3v) is 3.92. The van der Waals surface area contributed by atoms with E-state index in [1.54, 1.807) is 39.0 Å². The topological polar surface area (TPSA) is 58.6 Å². The molecule has 0 aliphatic carbocycles. The van der Waals surface area contributed by atoms with Crippen LogP contribution in [0.25, 0.3) is 0 Å². The Balaban J connectivity index is 2.07. The van der Waals surface area contributed by atoms with E-state index in [1.165, 1.54) is 4.90 Å². The molecule has 1 unspecified atom stereocenters. The number of likely N-dealkylation sites (tertiary alicyclic amines) is 1. The van der Waals surface area contributed by atoms with Crippen molar-refractivity contribution in [2.24, 2.45) is 0 Å². The van der Waals surface area contributed by atoms with Gasteiger partial charge in [0.15, 0.2) is 0 Å². The summed E-state index contributed by atoms with van der Waals surface area (Å²) in [6, 6.07) is 4.27. The van der Waals surface area contributed by atoms with Gasteiger partial charge in [0.1, 0.15) is 11.6 Å². The Bertz CT molecular complexity index is 614. The summed E-state index contributed by atoms with van der Waals surface area (Å²) in [6.45, 7) is 5.89. The van der Waals surface area contributed by atoms with E-state index in [9.17, 15) is 9.59 Å². The van der Waals surface area contributed by atoms with Crippen molar-refractivity contribution >= 4 is 40.9 Å². The number of carbonyl (C=O) groups excluding carboxylic acids is 2. The van der Waals surface area contributed by atoms with Crippen molar-refractivity contribution in [3.63, 3.8) is 0 Å². The first-order chi connectivity index (χ1) is 10.7. The molecule has 5 nitrogen and oxygen atoms in total. The van der Waals surface area contributed by atoms with Crippen molar-refractivity contribution in [1.82, 2.24) is 4.90 Å². The minimum atomic E-state index is -0.597. The number of benzene rings is 1. The molecule has 1 aromatic carbocycles. The van der Waals surface area contributed by atoms with Crippen LogP contribution in [-0.2, 0) is 9.53 Å². The molecule has 0 saturated carbocycles. The van der Waals surface area contributed by atoms with Crippen LogP contribution in [0.3, 0.4) is 0 Å². The smallest absolute Gasteiger partial charge is 0.410 e. The van der Waals surface area contributed by atoms with Crippen LogP contribution in [0, 0.1) is 0 Å². The second-order valence-corrected chi connectivity index (χ2v) is 7.29. The van der Waals surface area contributed by atoms with Gasteiger partial charge < -0.3 is 10.1 Å². The normalized spacial score (nSPS) is 18.0. The summed E-state index contributed by atoms with van der Waals surface area (Å²) < 4.78 is 5.36. The summed E-state index contributed by atoms with van der Waals surface area (Å²) in [6.07, 6.45) is 0.874. The fraction of sp³-hybridized carbons (Fsp3) is 0.500. The molecule has 1 heterocycles. The maximum atomic E-state index is 12.5. The molecule has 0 spiro atoms. The van der Waals surface area contributed by atoms with Crippen LogP contribution in [0.15, 0.2) is 18.2 Å². The van der Waals surface area contributed by atoms with Crippen molar-refractivity contribution in [3.05, 3.63) is 28.2 Å². The molecule has 1 aliphatic rings. The maximum absolute atomic E-state index is 12.5. The summed E-state index contributed by atoms with van der Waals surface area (Å²) >= 11 is 11.9. The van der Waals surface area contributed by atoms with E-state index >= 15 is 0 Å². The van der Waals surface area contributed by atoms with Gasteiger partial charge in [-0.25, -0.2) is 4.79 Å². The molecule has 1 N–H and O–H groups in total. The number of nitrogens with one attached hydrogen (secondary N) is 1. The first kappa shape index (κ1) is 17.9. The number of hydrogen-bond donors (Lipinski definition) is 1. The zero-order valence-electron chi connectivity index (χ0n) is 13.4. The lowest BCUT2D eigenvalue weighted by Crippen LogP contribution is -2.45. The van der Waals surface area contributed by atoms with Crippen molar-refractivity contribution < 1.29 is 14.3 Å². The van der Waals surface area contributed by atoms with Crippen molar-refractivity contribution in [3.8, 4) is 0 Å². The molecular weight excluding hydrogens is 339 g/mol. The van der Waals surface area contributed by atoms with Gasteiger partial charge in [0, 0.05) is 11.6 Å². The Morgan fingerprint density at radius 1 is 1.30 bits per heavy atom. The lowest BCUT2D eigenvalue weighted by molar-refractivity contribution is -0.120. The first-order valence-corrected chi connectivity index (χ1v) is 8.18. The van der Waals surface area contributed by atoms with Crippen molar-refractivity contribution in [1.29, 1.82) is 0 Å². The lowest BCUT2D eigenvalue weighted by Gasteiger charge is -2.28. The highest BCUT2D eigenvalue weighted by molar-refractivity contribution is 6.36. The van der Waals surface area contributed by atoms with Gasteiger partial charge in [-0.15, -0.1) is 0 Å². The van der Waals surface area contributed by atoms with E-state index in [0.29, 0.717) is 28.7 Å². The molecule has 126 valence electrons. The largest absolute Gasteiger partial charge is 0.444 e. The molecule has 2 amide bonds. The minimum absolute atomic E-state index is 0.280. The number of nitrogens with zero attached hydrogens (tertiary/aromatic N) is 1. The van der Waals surface area contributed by atoms with E-state index in [0.717, 1.165) is 6.42 Å². The molecule has 0 aromatic heterocycles. The fourth-order valence-corrected chi connectivity index (χ4v) is 2.84. The SMILES string of the molecule is CC(C)(C)OC(=O)N1CCCC1C(=O)Nc1ccc(Cl)cc1Cl. The fourth-order valence-electron chi connectivity index (χ4n) is 2.39. The van der Waals surface area contributed by atoms with Gasteiger partial charge in [-0.3, -0.25) is 9.69 Å². The second-order valence-electron chi connectivity index (χ2n) is 6.45. The van der Waals surface area contributed by atoms with Crippen LogP contribution < -0.4 is 5.32 Å². The summed E-state index contributed by atoms with van der Waals surface area (Å²) in [5.41, 5.74) is -0.127. The molecule has 0 bridgehead atoms. The van der Waals surface area contributed by atoms with Gasteiger partial charge in [0.25, 0.3) is 0 Å². The average molecular weight is 359 g/mol. The van der Waals surface area contributed by atoms with Crippen molar-refractivity contribution in [2.75, 3.05) is 11.9 Å². The van der Waals surface area contributed by atoms with Crippen molar-refractivity contribution in [2.45, 2.75) is 45.3 Å².